The maximum absolute atomic E-state index is 12.5. The van der Waals surface area contributed by atoms with E-state index in [0.717, 1.165) is 0 Å². The molecule has 8 heteroatoms. The first kappa shape index (κ1) is 17.1. The Kier molecular flexibility index (Phi) is 5.86. The average molecular weight is 327 g/mol. The monoisotopic (exact) mass is 327 g/mol. The molecule has 2 N–H and O–H groups in total. The van der Waals surface area contributed by atoms with Crippen LogP contribution in [0.15, 0.2) is 24.3 Å². The van der Waals surface area contributed by atoms with Crippen molar-refractivity contribution in [2.75, 3.05) is 32.7 Å². The molecule has 0 radical (unpaired) electrons. The van der Waals surface area contributed by atoms with Crippen molar-refractivity contribution in [1.82, 2.24) is 9.80 Å². The average Bonchev–Trinajstić information content (AvgIpc) is 2.54. The van der Waals surface area contributed by atoms with Crippen molar-refractivity contribution >= 4 is 11.8 Å². The van der Waals surface area contributed by atoms with Crippen LogP contribution in [-0.4, -0.2) is 60.9 Å². The summed E-state index contributed by atoms with van der Waals surface area (Å²) in [4.78, 5) is 27.4. The molecule has 1 aromatic rings. The summed E-state index contributed by atoms with van der Waals surface area (Å²) in [6.07, 6.45) is 0.277. The molecule has 2 amide bonds. The van der Waals surface area contributed by atoms with Crippen LogP contribution in [0.25, 0.3) is 0 Å². The van der Waals surface area contributed by atoms with Gasteiger partial charge in [0.2, 0.25) is 5.91 Å². The lowest BCUT2D eigenvalue weighted by atomic mass is 10.1. The number of rotatable bonds is 5. The smallest absolute Gasteiger partial charge is 0.387 e. The lowest BCUT2D eigenvalue weighted by Crippen LogP contribution is -2.50. The number of halogens is 2. The molecule has 0 bridgehead atoms. The summed E-state index contributed by atoms with van der Waals surface area (Å²) >= 11 is 0. The first-order valence-corrected chi connectivity index (χ1v) is 7.34. The summed E-state index contributed by atoms with van der Waals surface area (Å²) in [5.74, 6) is -0.567. The van der Waals surface area contributed by atoms with E-state index in [1.165, 1.54) is 23.1 Å². The lowest BCUT2D eigenvalue weighted by Gasteiger charge is -2.35. The van der Waals surface area contributed by atoms with E-state index in [9.17, 15) is 18.4 Å². The number of benzene rings is 1. The standard InChI is InChI=1S/C15H19F2N3O3/c16-15(17)23-12-4-2-1-3-11(12)14(22)20-9-7-19(8-10-20)13(21)5-6-18/h1-4,15H,5-10,18H2. The van der Waals surface area contributed by atoms with Gasteiger partial charge in [0.1, 0.15) is 5.75 Å². The van der Waals surface area contributed by atoms with Crippen molar-refractivity contribution in [2.45, 2.75) is 13.0 Å². The fraction of sp³-hybridized carbons (Fsp3) is 0.467. The summed E-state index contributed by atoms with van der Waals surface area (Å²) in [5, 5.41) is 0. The Balaban J connectivity index is 2.01. The van der Waals surface area contributed by atoms with Gasteiger partial charge in [-0.15, -0.1) is 0 Å². The summed E-state index contributed by atoms with van der Waals surface area (Å²) < 4.78 is 29.2. The van der Waals surface area contributed by atoms with E-state index in [1.54, 1.807) is 11.0 Å². The van der Waals surface area contributed by atoms with E-state index in [1.807, 2.05) is 0 Å². The van der Waals surface area contributed by atoms with Gasteiger partial charge in [0, 0.05) is 39.1 Å². The minimum absolute atomic E-state index is 0.0407. The number of piperazine rings is 1. The zero-order chi connectivity index (χ0) is 16.8. The van der Waals surface area contributed by atoms with E-state index in [-0.39, 0.29) is 36.1 Å². The molecule has 0 aliphatic carbocycles. The molecule has 2 rings (SSSR count). The van der Waals surface area contributed by atoms with Crippen LogP contribution in [0.5, 0.6) is 5.75 Å². The first-order valence-electron chi connectivity index (χ1n) is 7.34. The van der Waals surface area contributed by atoms with Gasteiger partial charge in [-0.05, 0) is 12.1 Å². The number of alkyl halides is 2. The lowest BCUT2D eigenvalue weighted by molar-refractivity contribution is -0.132. The molecule has 126 valence electrons. The van der Waals surface area contributed by atoms with Gasteiger partial charge in [0.15, 0.2) is 0 Å². The van der Waals surface area contributed by atoms with Crippen LogP contribution in [0.3, 0.4) is 0 Å². The highest BCUT2D eigenvalue weighted by Crippen LogP contribution is 2.22. The van der Waals surface area contributed by atoms with Crippen molar-refractivity contribution in [3.05, 3.63) is 29.8 Å². The maximum Gasteiger partial charge on any atom is 0.387 e. The number of amides is 2. The zero-order valence-electron chi connectivity index (χ0n) is 12.6. The number of para-hydroxylation sites is 1. The number of carbonyl (C=O) groups excluding carboxylic acids is 2. The molecule has 0 atom stereocenters. The van der Waals surface area contributed by atoms with Crippen LogP contribution in [0.4, 0.5) is 8.78 Å². The highest BCUT2D eigenvalue weighted by atomic mass is 19.3. The molecule has 1 fully saturated rings. The molecule has 1 aromatic carbocycles. The molecular weight excluding hydrogens is 308 g/mol. The van der Waals surface area contributed by atoms with Crippen molar-refractivity contribution in [2.24, 2.45) is 5.73 Å². The van der Waals surface area contributed by atoms with Gasteiger partial charge in [0.25, 0.3) is 5.91 Å². The van der Waals surface area contributed by atoms with Crippen molar-refractivity contribution in [3.8, 4) is 5.75 Å². The van der Waals surface area contributed by atoms with Crippen LogP contribution < -0.4 is 10.5 Å². The fourth-order valence-electron chi connectivity index (χ4n) is 2.45. The SMILES string of the molecule is NCCC(=O)N1CCN(C(=O)c2ccccc2OC(F)F)CC1. The number of nitrogens with zero attached hydrogens (tertiary/aromatic N) is 2. The van der Waals surface area contributed by atoms with Gasteiger partial charge in [-0.3, -0.25) is 9.59 Å². The number of nitrogens with two attached hydrogens (primary N) is 1. The fourth-order valence-corrected chi connectivity index (χ4v) is 2.45. The molecule has 1 aliphatic rings. The molecule has 1 aliphatic heterocycles. The zero-order valence-corrected chi connectivity index (χ0v) is 12.6. The van der Waals surface area contributed by atoms with E-state index in [2.05, 4.69) is 4.74 Å². The predicted octanol–water partition coefficient (Wildman–Crippen LogP) is 0.921. The Bertz CT molecular complexity index is 561. The third-order valence-corrected chi connectivity index (χ3v) is 3.61. The molecule has 6 nitrogen and oxygen atoms in total. The van der Waals surface area contributed by atoms with Crippen molar-refractivity contribution in [1.29, 1.82) is 0 Å². The molecule has 23 heavy (non-hydrogen) atoms. The summed E-state index contributed by atoms with van der Waals surface area (Å²) in [7, 11) is 0. The second kappa shape index (κ2) is 7.87. The van der Waals surface area contributed by atoms with Crippen LogP contribution in [0.2, 0.25) is 0 Å². The van der Waals surface area contributed by atoms with Gasteiger partial charge in [-0.25, -0.2) is 0 Å². The number of hydrogen-bond donors (Lipinski definition) is 1. The Morgan fingerprint density at radius 2 is 1.74 bits per heavy atom. The van der Waals surface area contributed by atoms with Gasteiger partial charge >= 0.3 is 6.61 Å². The minimum atomic E-state index is -2.99. The number of ether oxygens (including phenoxy) is 1. The molecule has 0 aromatic heterocycles. The van der Waals surface area contributed by atoms with Gasteiger partial charge in [-0.2, -0.15) is 8.78 Å². The van der Waals surface area contributed by atoms with E-state index >= 15 is 0 Å². The maximum atomic E-state index is 12.5. The third-order valence-electron chi connectivity index (χ3n) is 3.61. The topological polar surface area (TPSA) is 75.9 Å². The predicted molar refractivity (Wildman–Crippen MR) is 79.2 cm³/mol. The molecule has 0 unspecified atom stereocenters. The van der Waals surface area contributed by atoms with Crippen LogP contribution in [0.1, 0.15) is 16.8 Å². The normalized spacial score (nSPS) is 15.0. The molecule has 1 heterocycles. The number of carbonyl (C=O) groups is 2. The summed E-state index contributed by atoms with van der Waals surface area (Å²) in [5.41, 5.74) is 5.45. The van der Waals surface area contributed by atoms with Crippen molar-refractivity contribution < 1.29 is 23.1 Å². The van der Waals surface area contributed by atoms with Crippen LogP contribution >= 0.6 is 0 Å². The first-order chi connectivity index (χ1) is 11.0. The van der Waals surface area contributed by atoms with Crippen molar-refractivity contribution in [3.63, 3.8) is 0 Å². The quantitative estimate of drug-likeness (QED) is 0.873. The second-order valence-electron chi connectivity index (χ2n) is 5.09. The van der Waals surface area contributed by atoms with Gasteiger partial charge in [0.05, 0.1) is 5.56 Å². The van der Waals surface area contributed by atoms with Gasteiger partial charge in [-0.1, -0.05) is 12.1 Å². The summed E-state index contributed by atoms with van der Waals surface area (Å²) in [6.45, 7) is -1.20. The molecule has 0 spiro atoms. The molecule has 0 saturated carbocycles. The van der Waals surface area contributed by atoms with E-state index in [4.69, 9.17) is 5.73 Å². The van der Waals surface area contributed by atoms with Crippen LogP contribution in [-0.2, 0) is 4.79 Å². The summed E-state index contributed by atoms with van der Waals surface area (Å²) in [6, 6.07) is 5.90. The third kappa shape index (κ3) is 4.38. The minimum Gasteiger partial charge on any atom is -0.434 e. The Morgan fingerprint density at radius 3 is 2.35 bits per heavy atom. The van der Waals surface area contributed by atoms with Gasteiger partial charge < -0.3 is 20.3 Å². The molecular formula is C15H19F2N3O3. The number of hydrogen-bond acceptors (Lipinski definition) is 4. The second-order valence-corrected chi connectivity index (χ2v) is 5.09. The highest BCUT2D eigenvalue weighted by Gasteiger charge is 2.26. The van der Waals surface area contributed by atoms with Crippen LogP contribution in [0, 0.1) is 0 Å². The highest BCUT2D eigenvalue weighted by molar-refractivity contribution is 5.97. The Labute approximate surface area is 132 Å². The van der Waals surface area contributed by atoms with E-state index in [0.29, 0.717) is 26.2 Å². The van der Waals surface area contributed by atoms with E-state index < -0.39 is 6.61 Å². The largest absolute Gasteiger partial charge is 0.434 e. The Hall–Kier alpha value is -2.22. The Morgan fingerprint density at radius 1 is 1.13 bits per heavy atom. The molecule has 1 saturated heterocycles.